The van der Waals surface area contributed by atoms with Gasteiger partial charge < -0.3 is 19.7 Å². The number of methoxy groups -OCH3 is 1. The van der Waals surface area contributed by atoms with Crippen molar-refractivity contribution < 1.29 is 14.3 Å². The van der Waals surface area contributed by atoms with E-state index >= 15 is 0 Å². The molecule has 0 fully saturated rings. The van der Waals surface area contributed by atoms with Crippen molar-refractivity contribution in [2.24, 2.45) is 0 Å². The number of nitriles is 1. The fourth-order valence-electron chi connectivity index (χ4n) is 3.13. The maximum atomic E-state index is 12.7. The SMILES string of the molecule is COc1cc(/C=C(/C#N)C(=O)Nc2ccc(N(C)C)cc2)cc(I)c1OCc1c(Cl)cccc1Cl. The van der Waals surface area contributed by atoms with E-state index in [-0.39, 0.29) is 12.2 Å². The quantitative estimate of drug-likeness (QED) is 0.170. The highest BCUT2D eigenvalue weighted by Crippen LogP contribution is 2.36. The number of benzene rings is 3. The van der Waals surface area contributed by atoms with Crippen molar-refractivity contribution in [2.45, 2.75) is 6.61 Å². The average Bonchev–Trinajstić information content (AvgIpc) is 2.83. The average molecular weight is 622 g/mol. The Bertz CT molecular complexity index is 1280. The van der Waals surface area contributed by atoms with Gasteiger partial charge in [-0.1, -0.05) is 29.3 Å². The minimum absolute atomic E-state index is 0.0453. The number of carbonyl (C=O) groups excluding carboxylic acids is 1. The van der Waals surface area contributed by atoms with Gasteiger partial charge in [0, 0.05) is 41.1 Å². The number of nitrogens with zero attached hydrogens (tertiary/aromatic N) is 2. The Balaban J connectivity index is 1.81. The zero-order valence-corrected chi connectivity index (χ0v) is 22.9. The molecule has 0 aromatic heterocycles. The van der Waals surface area contributed by atoms with E-state index in [0.29, 0.717) is 38.4 Å². The standard InChI is InChI=1S/C26H22Cl2IN3O3/c1-32(2)19-9-7-18(8-10-19)31-26(33)17(14-30)11-16-12-23(29)25(24(13-16)34-3)35-15-20-21(27)5-4-6-22(20)28/h4-13H,15H2,1-3H3,(H,31,33)/b17-11-. The molecule has 0 saturated carbocycles. The van der Waals surface area contributed by atoms with Crippen LogP contribution in [0.3, 0.4) is 0 Å². The number of hydrogen-bond donors (Lipinski definition) is 1. The lowest BCUT2D eigenvalue weighted by atomic mass is 10.1. The van der Waals surface area contributed by atoms with Crippen LogP contribution in [0.5, 0.6) is 11.5 Å². The molecule has 0 aliphatic carbocycles. The summed E-state index contributed by atoms with van der Waals surface area (Å²) in [5.74, 6) is 0.446. The van der Waals surface area contributed by atoms with Gasteiger partial charge >= 0.3 is 0 Å². The third-order valence-corrected chi connectivity index (χ3v) is 6.50. The van der Waals surface area contributed by atoms with Crippen molar-refractivity contribution in [1.82, 2.24) is 0 Å². The van der Waals surface area contributed by atoms with Crippen molar-refractivity contribution in [3.63, 3.8) is 0 Å². The van der Waals surface area contributed by atoms with Gasteiger partial charge in [0.1, 0.15) is 18.2 Å². The van der Waals surface area contributed by atoms with E-state index in [1.54, 1.807) is 42.5 Å². The minimum Gasteiger partial charge on any atom is -0.493 e. The van der Waals surface area contributed by atoms with Crippen LogP contribution in [-0.2, 0) is 11.4 Å². The molecule has 0 radical (unpaired) electrons. The molecular weight excluding hydrogens is 600 g/mol. The van der Waals surface area contributed by atoms with Gasteiger partial charge in [-0.2, -0.15) is 5.26 Å². The molecule has 3 aromatic carbocycles. The van der Waals surface area contributed by atoms with E-state index in [1.807, 2.05) is 37.2 Å². The molecule has 1 amide bonds. The molecule has 0 atom stereocenters. The molecule has 9 heteroatoms. The molecule has 3 aromatic rings. The van der Waals surface area contributed by atoms with Crippen molar-refractivity contribution in [3.05, 3.63) is 84.9 Å². The van der Waals surface area contributed by atoms with E-state index in [1.165, 1.54) is 13.2 Å². The Hall–Kier alpha value is -2.93. The molecule has 180 valence electrons. The van der Waals surface area contributed by atoms with E-state index < -0.39 is 5.91 Å². The van der Waals surface area contributed by atoms with Gasteiger partial charge in [-0.25, -0.2) is 0 Å². The van der Waals surface area contributed by atoms with Crippen molar-refractivity contribution in [3.8, 4) is 17.6 Å². The topological polar surface area (TPSA) is 74.6 Å². The van der Waals surface area contributed by atoms with Gasteiger partial charge in [-0.05, 0) is 82.8 Å². The number of halogens is 3. The van der Waals surface area contributed by atoms with Crippen LogP contribution in [0.25, 0.3) is 6.08 Å². The van der Waals surface area contributed by atoms with Crippen LogP contribution in [0, 0.1) is 14.9 Å². The molecule has 1 N–H and O–H groups in total. The molecule has 35 heavy (non-hydrogen) atoms. The minimum atomic E-state index is -0.507. The van der Waals surface area contributed by atoms with Gasteiger partial charge in [0.05, 0.1) is 10.7 Å². The Morgan fingerprint density at radius 2 is 1.80 bits per heavy atom. The Kier molecular flexibility index (Phi) is 9.26. The number of amides is 1. The van der Waals surface area contributed by atoms with Gasteiger partial charge in [0.2, 0.25) is 0 Å². The lowest BCUT2D eigenvalue weighted by Gasteiger charge is -2.15. The summed E-state index contributed by atoms with van der Waals surface area (Å²) in [5.41, 5.74) is 2.83. The van der Waals surface area contributed by atoms with Crippen molar-refractivity contribution in [1.29, 1.82) is 5.26 Å². The Morgan fingerprint density at radius 1 is 1.14 bits per heavy atom. The largest absolute Gasteiger partial charge is 0.493 e. The predicted molar refractivity (Wildman–Crippen MR) is 149 cm³/mol. The molecule has 0 saturated heterocycles. The van der Waals surface area contributed by atoms with Gasteiger partial charge in [-0.3, -0.25) is 4.79 Å². The zero-order valence-electron chi connectivity index (χ0n) is 19.2. The molecule has 0 bridgehead atoms. The summed E-state index contributed by atoms with van der Waals surface area (Å²) in [6, 6.07) is 18.0. The second-order valence-electron chi connectivity index (χ2n) is 7.59. The number of nitrogens with one attached hydrogen (secondary N) is 1. The molecule has 0 unspecified atom stereocenters. The Morgan fingerprint density at radius 3 is 2.37 bits per heavy atom. The summed E-state index contributed by atoms with van der Waals surface area (Å²) < 4.78 is 12.2. The van der Waals surface area contributed by atoms with Gasteiger partial charge in [-0.15, -0.1) is 0 Å². The first kappa shape index (κ1) is 26.7. The second-order valence-corrected chi connectivity index (χ2v) is 9.56. The highest BCUT2D eigenvalue weighted by molar-refractivity contribution is 14.1. The summed E-state index contributed by atoms with van der Waals surface area (Å²) in [6.45, 7) is 0.151. The van der Waals surface area contributed by atoms with Crippen LogP contribution in [-0.4, -0.2) is 27.1 Å². The third kappa shape index (κ3) is 6.82. The maximum absolute atomic E-state index is 12.7. The van der Waals surface area contributed by atoms with Crippen LogP contribution >= 0.6 is 45.8 Å². The summed E-state index contributed by atoms with van der Waals surface area (Å²) in [7, 11) is 5.38. The molecule has 0 spiro atoms. The first-order valence-electron chi connectivity index (χ1n) is 10.4. The first-order valence-corrected chi connectivity index (χ1v) is 12.2. The number of anilines is 2. The zero-order chi connectivity index (χ0) is 25.5. The molecule has 6 nitrogen and oxygen atoms in total. The number of ether oxygens (including phenoxy) is 2. The smallest absolute Gasteiger partial charge is 0.266 e. The summed E-state index contributed by atoms with van der Waals surface area (Å²) in [4.78, 5) is 14.7. The molecule has 0 aliphatic heterocycles. The van der Waals surface area contributed by atoms with Crippen molar-refractivity contribution >= 4 is 69.2 Å². The normalized spacial score (nSPS) is 10.9. The van der Waals surface area contributed by atoms with Crippen LogP contribution < -0.4 is 19.7 Å². The van der Waals surface area contributed by atoms with Crippen molar-refractivity contribution in [2.75, 3.05) is 31.4 Å². The monoisotopic (exact) mass is 621 g/mol. The highest BCUT2D eigenvalue weighted by atomic mass is 127. The van der Waals surface area contributed by atoms with E-state index in [0.717, 1.165) is 9.26 Å². The Labute approximate surface area is 228 Å². The maximum Gasteiger partial charge on any atom is 0.266 e. The van der Waals surface area contributed by atoms with Gasteiger partial charge in [0.25, 0.3) is 5.91 Å². The van der Waals surface area contributed by atoms with Crippen LogP contribution in [0.4, 0.5) is 11.4 Å². The second kappa shape index (κ2) is 12.2. The number of rotatable bonds is 8. The fraction of sp³-hybridized carbons (Fsp3) is 0.154. The van der Waals surface area contributed by atoms with E-state index in [2.05, 4.69) is 27.9 Å². The number of hydrogen-bond acceptors (Lipinski definition) is 5. The molecule has 0 aliphatic rings. The highest BCUT2D eigenvalue weighted by Gasteiger charge is 2.16. The lowest BCUT2D eigenvalue weighted by Crippen LogP contribution is -2.14. The lowest BCUT2D eigenvalue weighted by molar-refractivity contribution is -0.112. The third-order valence-electron chi connectivity index (χ3n) is 4.99. The summed E-state index contributed by atoms with van der Waals surface area (Å²) in [5, 5.41) is 13.4. The number of carbonyl (C=O) groups is 1. The molecule has 0 heterocycles. The predicted octanol–water partition coefficient (Wildman–Crippen LogP) is 6.80. The summed E-state index contributed by atoms with van der Waals surface area (Å²) >= 11 is 14.6. The summed E-state index contributed by atoms with van der Waals surface area (Å²) in [6.07, 6.45) is 1.50. The molecular formula is C26H22Cl2IN3O3. The van der Waals surface area contributed by atoms with E-state index in [4.69, 9.17) is 32.7 Å². The fourth-order valence-corrected chi connectivity index (χ4v) is 4.42. The molecule has 3 rings (SSSR count). The van der Waals surface area contributed by atoms with E-state index in [9.17, 15) is 10.1 Å². The van der Waals surface area contributed by atoms with Crippen LogP contribution in [0.15, 0.2) is 60.2 Å². The first-order chi connectivity index (χ1) is 16.7. The van der Waals surface area contributed by atoms with Crippen LogP contribution in [0.2, 0.25) is 10.0 Å². The van der Waals surface area contributed by atoms with Gasteiger partial charge in [0.15, 0.2) is 11.5 Å². The van der Waals surface area contributed by atoms with Crippen LogP contribution in [0.1, 0.15) is 11.1 Å².